The Morgan fingerprint density at radius 2 is 2.16 bits per heavy atom. The van der Waals surface area contributed by atoms with Gasteiger partial charge in [-0.2, -0.15) is 0 Å². The molecule has 102 valence electrons. The highest BCUT2D eigenvalue weighted by molar-refractivity contribution is 6.59. The van der Waals surface area contributed by atoms with Gasteiger partial charge in [-0.3, -0.25) is 4.79 Å². The van der Waals surface area contributed by atoms with Crippen molar-refractivity contribution >= 4 is 31.4 Å². The fourth-order valence-corrected chi connectivity index (χ4v) is 2.77. The van der Waals surface area contributed by atoms with Gasteiger partial charge in [0.05, 0.1) is 0 Å². The van der Waals surface area contributed by atoms with Crippen molar-refractivity contribution in [3.05, 3.63) is 23.9 Å². The maximum Gasteiger partial charge on any atom is 0.409 e. The fourth-order valence-electron chi connectivity index (χ4n) is 2.77. The van der Waals surface area contributed by atoms with Crippen LogP contribution < -0.4 is 0 Å². The lowest BCUT2D eigenvalue weighted by molar-refractivity contribution is -0.110. The number of halogens is 1. The van der Waals surface area contributed by atoms with Crippen LogP contribution in [-0.2, 0) is 4.79 Å². The Hall–Kier alpha value is -0.710. The number of carbonyl (C=O) groups excluding carboxylic acids is 1. The van der Waals surface area contributed by atoms with Crippen molar-refractivity contribution < 1.29 is 14.8 Å². The summed E-state index contributed by atoms with van der Waals surface area (Å²) in [7, 11) is -0.481. The van der Waals surface area contributed by atoms with E-state index in [-0.39, 0.29) is 18.1 Å². The van der Waals surface area contributed by atoms with Crippen molar-refractivity contribution in [1.29, 1.82) is 0 Å². The van der Waals surface area contributed by atoms with E-state index in [0.717, 1.165) is 18.7 Å². The fraction of sp³-hybridized carbons (Fsp3) is 0.583. The van der Waals surface area contributed by atoms with Gasteiger partial charge in [0, 0.05) is 29.5 Å². The van der Waals surface area contributed by atoms with Crippen molar-refractivity contribution in [2.75, 3.05) is 12.3 Å². The summed E-state index contributed by atoms with van der Waals surface area (Å²) >= 11 is 5.09. The first-order valence-corrected chi connectivity index (χ1v) is 7.08. The lowest BCUT2D eigenvalue weighted by Crippen LogP contribution is -2.36. The average Bonchev–Trinajstić information content (AvgIpc) is 2.96. The van der Waals surface area contributed by atoms with Gasteiger partial charge in [-0.05, 0) is 25.2 Å². The van der Waals surface area contributed by atoms with E-state index in [1.807, 2.05) is 10.9 Å². The molecule has 0 bridgehead atoms. The zero-order chi connectivity index (χ0) is 14.2. The quantitative estimate of drug-likeness (QED) is 0.581. The highest BCUT2D eigenvalue weighted by Gasteiger charge is 2.63. The molecule has 2 fully saturated rings. The molecule has 0 aromatic carbocycles. The topological polar surface area (TPSA) is 60.8 Å². The van der Waals surface area contributed by atoms with Gasteiger partial charge >= 0.3 is 14.0 Å². The van der Waals surface area contributed by atoms with Crippen LogP contribution in [0.3, 0.4) is 0 Å². The maximum absolute atomic E-state index is 11.3. The van der Waals surface area contributed by atoms with Gasteiger partial charge in [0.25, 0.3) is 0 Å². The van der Waals surface area contributed by atoms with E-state index in [2.05, 4.69) is 0 Å². The highest BCUT2D eigenvalue weighted by atomic mass is 35.5. The van der Waals surface area contributed by atoms with Crippen molar-refractivity contribution in [1.82, 2.24) is 4.81 Å². The number of piperidine rings is 1. The van der Waals surface area contributed by atoms with Crippen LogP contribution >= 0.6 is 11.6 Å². The molecule has 2 N–H and O–H groups in total. The first-order chi connectivity index (χ1) is 8.90. The molecule has 0 amide bonds. The van der Waals surface area contributed by atoms with E-state index in [4.69, 9.17) is 16.6 Å². The summed E-state index contributed by atoms with van der Waals surface area (Å²) in [4.78, 5) is 13.2. The summed E-state index contributed by atoms with van der Waals surface area (Å²) in [6, 6.07) is 0. The Labute approximate surface area is 119 Å². The Bertz CT molecular complexity index is 439. The van der Waals surface area contributed by atoms with Crippen LogP contribution in [0.2, 0.25) is 13.6 Å². The van der Waals surface area contributed by atoms with Crippen LogP contribution in [0, 0.1) is 11.3 Å². The number of hydrogen-bond acceptors (Lipinski definition) is 4. The van der Waals surface area contributed by atoms with E-state index in [1.165, 1.54) is 0 Å². The zero-order valence-corrected chi connectivity index (χ0v) is 12.0. The monoisotopic (exact) mass is 281 g/mol. The lowest BCUT2D eigenvalue weighted by Gasteiger charge is -2.27. The lowest BCUT2D eigenvalue weighted by atomic mass is 9.76. The molecule has 1 saturated heterocycles. The Morgan fingerprint density at radius 3 is 2.68 bits per heavy atom. The molecule has 19 heavy (non-hydrogen) atoms. The molecule has 0 radical (unpaired) electrons. The van der Waals surface area contributed by atoms with E-state index >= 15 is 0 Å². The van der Waals surface area contributed by atoms with Gasteiger partial charge < -0.3 is 14.9 Å². The molecule has 1 saturated carbocycles. The van der Waals surface area contributed by atoms with Crippen LogP contribution in [0.4, 0.5) is 0 Å². The third-order valence-corrected chi connectivity index (χ3v) is 4.30. The number of allylic oxidation sites excluding steroid dienone is 3. The molecule has 1 heterocycles. The summed E-state index contributed by atoms with van der Waals surface area (Å²) in [5.41, 5.74) is 1.15. The van der Waals surface area contributed by atoms with Crippen LogP contribution in [-0.4, -0.2) is 46.9 Å². The van der Waals surface area contributed by atoms with Gasteiger partial charge in [0.1, 0.15) is 0 Å². The van der Waals surface area contributed by atoms with E-state index in [9.17, 15) is 9.82 Å². The number of hydrogen-bond donors (Lipinski definition) is 2. The van der Waals surface area contributed by atoms with Gasteiger partial charge in [-0.15, -0.1) is 11.6 Å². The molecule has 0 aromatic heterocycles. The second kappa shape index (κ2) is 5.35. The van der Waals surface area contributed by atoms with Gasteiger partial charge in [-0.25, -0.2) is 0 Å². The van der Waals surface area contributed by atoms with Crippen molar-refractivity contribution in [2.45, 2.75) is 20.1 Å². The number of nitrogens with zero attached hydrogens (tertiary/aromatic N) is 1. The smallest absolute Gasteiger partial charge is 0.409 e. The van der Waals surface area contributed by atoms with E-state index < -0.39 is 7.05 Å². The number of ketones is 1. The van der Waals surface area contributed by atoms with Crippen LogP contribution in [0.15, 0.2) is 23.9 Å². The molecule has 7 heteroatoms. The normalized spacial score (nSPS) is 29.9. The number of rotatable bonds is 2. The van der Waals surface area contributed by atoms with E-state index in [0.29, 0.717) is 11.7 Å². The van der Waals surface area contributed by atoms with Crippen molar-refractivity contribution in [3.8, 4) is 0 Å². The molecule has 3 aliphatic rings. The predicted molar refractivity (Wildman–Crippen MR) is 77.9 cm³/mol. The molecular formula is C12H18B2ClNO3. The zero-order valence-electron chi connectivity index (χ0n) is 11.2. The highest BCUT2D eigenvalue weighted by Crippen LogP contribution is 2.65. The minimum absolute atomic E-state index is 0.0452. The average molecular weight is 281 g/mol. The molecule has 0 aromatic rings. The second-order valence-electron chi connectivity index (χ2n) is 5.49. The van der Waals surface area contributed by atoms with Crippen LogP contribution in [0.25, 0.3) is 0 Å². The second-order valence-corrected chi connectivity index (χ2v) is 5.80. The third-order valence-electron chi connectivity index (χ3n) is 3.85. The molecule has 4 nitrogen and oxygen atoms in total. The summed E-state index contributed by atoms with van der Waals surface area (Å²) < 4.78 is 0. The minimum Gasteiger partial charge on any atom is -0.449 e. The van der Waals surface area contributed by atoms with Crippen molar-refractivity contribution in [2.24, 2.45) is 11.3 Å². The Kier molecular flexibility index (Phi) is 4.14. The first-order valence-electron chi connectivity index (χ1n) is 6.55. The van der Waals surface area contributed by atoms with Crippen molar-refractivity contribution in [3.63, 3.8) is 0 Å². The predicted octanol–water partition coefficient (Wildman–Crippen LogP) is 0.819. The Morgan fingerprint density at radius 1 is 1.53 bits per heavy atom. The Balaban J connectivity index is 0.000000232. The van der Waals surface area contributed by atoms with Crippen LogP contribution in [0.1, 0.15) is 6.42 Å². The van der Waals surface area contributed by atoms with Gasteiger partial charge in [0.15, 0.2) is 5.78 Å². The van der Waals surface area contributed by atoms with Crippen LogP contribution in [0.5, 0.6) is 0 Å². The van der Waals surface area contributed by atoms with Gasteiger partial charge in [-0.1, -0.05) is 12.9 Å². The number of carbonyl (C=O) groups is 1. The first kappa shape index (κ1) is 14.7. The van der Waals surface area contributed by atoms with Gasteiger partial charge in [0.2, 0.25) is 0 Å². The molecular weight excluding hydrogens is 263 g/mol. The standard InChI is InChI=1S/C10H12BNO2.C2H6BClO/c1-11(14)12-6-7-5-10(7)3-2-8(13)4-9(10)12;1-3(5)2-4/h2-4,7,14H,5-6H2,1H3;5H,2H2,1H3. The third kappa shape index (κ3) is 2.76. The molecule has 3 rings (SSSR count). The SMILES string of the molecule is CB(O)CCl.CB(O)N1CC2CC23C=CC(=O)C=C13. The summed E-state index contributed by atoms with van der Waals surface area (Å²) in [5.74, 6) is 0.997. The largest absolute Gasteiger partial charge is 0.449 e. The maximum atomic E-state index is 11.3. The summed E-state index contributed by atoms with van der Waals surface area (Å²) in [6.07, 6.45) is 6.51. The summed E-state index contributed by atoms with van der Waals surface area (Å²) in [6.45, 7) is 3.94. The number of alkyl halides is 1. The molecule has 2 atom stereocenters. The molecule has 1 aliphatic heterocycles. The molecule has 2 unspecified atom stereocenters. The minimum atomic E-state index is -0.481. The van der Waals surface area contributed by atoms with E-state index in [1.54, 1.807) is 25.8 Å². The molecule has 1 spiro atoms. The summed E-state index contributed by atoms with van der Waals surface area (Å²) in [5, 5.41) is 17.8. The molecule has 2 aliphatic carbocycles.